The van der Waals surface area contributed by atoms with Gasteiger partial charge in [-0.25, -0.2) is 4.39 Å². The zero-order valence-electron chi connectivity index (χ0n) is 17.0. The van der Waals surface area contributed by atoms with Gasteiger partial charge in [-0.15, -0.1) is 0 Å². The third-order valence-electron chi connectivity index (χ3n) is 5.42. The highest BCUT2D eigenvalue weighted by molar-refractivity contribution is 5.80. The molecule has 30 heavy (non-hydrogen) atoms. The van der Waals surface area contributed by atoms with Gasteiger partial charge in [-0.3, -0.25) is 4.79 Å². The van der Waals surface area contributed by atoms with Crippen molar-refractivity contribution in [3.8, 4) is 23.0 Å². The predicted octanol–water partition coefficient (Wildman–Crippen LogP) is 3.97. The van der Waals surface area contributed by atoms with Crippen LogP contribution in [0, 0.1) is 5.82 Å². The minimum absolute atomic E-state index is 0.00860. The second kappa shape index (κ2) is 8.14. The number of hydrogen-bond acceptors (Lipinski definition) is 6. The third-order valence-corrected chi connectivity index (χ3v) is 5.42. The van der Waals surface area contributed by atoms with E-state index in [4.69, 9.17) is 14.0 Å². The van der Waals surface area contributed by atoms with Gasteiger partial charge in [0.25, 0.3) is 5.89 Å². The SMILES string of the molecule is COc1ccc(-c2nc(C3CC(=O)N(C(C)c4ccc(F)cc4)C3)no2)cc1OC. The van der Waals surface area contributed by atoms with Gasteiger partial charge in [-0.1, -0.05) is 17.3 Å². The van der Waals surface area contributed by atoms with Crippen molar-refractivity contribution in [2.75, 3.05) is 20.8 Å². The first kappa shape index (κ1) is 19.9. The van der Waals surface area contributed by atoms with Crippen LogP contribution >= 0.6 is 0 Å². The molecule has 4 rings (SSSR count). The fourth-order valence-electron chi connectivity index (χ4n) is 3.69. The molecule has 2 heterocycles. The van der Waals surface area contributed by atoms with Crippen molar-refractivity contribution in [1.82, 2.24) is 15.0 Å². The maximum atomic E-state index is 13.2. The molecule has 2 atom stereocenters. The summed E-state index contributed by atoms with van der Waals surface area (Å²) in [5.74, 6) is 1.54. The molecular formula is C22H22FN3O4. The van der Waals surface area contributed by atoms with Gasteiger partial charge in [0, 0.05) is 24.4 Å². The van der Waals surface area contributed by atoms with Crippen LogP contribution in [0.25, 0.3) is 11.5 Å². The Bertz CT molecular complexity index is 1050. The average Bonchev–Trinajstić information content (AvgIpc) is 3.40. The molecule has 0 radical (unpaired) electrons. The number of hydrogen-bond donors (Lipinski definition) is 0. The Hall–Kier alpha value is -3.42. The molecule has 0 saturated carbocycles. The van der Waals surface area contributed by atoms with Crippen LogP contribution in [0.2, 0.25) is 0 Å². The smallest absolute Gasteiger partial charge is 0.258 e. The number of amides is 1. The van der Waals surface area contributed by atoms with Gasteiger partial charge in [0.1, 0.15) is 5.82 Å². The lowest BCUT2D eigenvalue weighted by Crippen LogP contribution is -2.28. The summed E-state index contributed by atoms with van der Waals surface area (Å²) in [5, 5.41) is 4.10. The van der Waals surface area contributed by atoms with Crippen molar-refractivity contribution in [1.29, 1.82) is 0 Å². The first-order chi connectivity index (χ1) is 14.5. The predicted molar refractivity (Wildman–Crippen MR) is 107 cm³/mol. The number of ether oxygens (including phenoxy) is 2. The molecule has 0 spiro atoms. The van der Waals surface area contributed by atoms with E-state index in [9.17, 15) is 9.18 Å². The summed E-state index contributed by atoms with van der Waals surface area (Å²) in [4.78, 5) is 18.9. The number of nitrogens with zero attached hydrogens (tertiary/aromatic N) is 3. The highest BCUT2D eigenvalue weighted by Crippen LogP contribution is 2.35. The first-order valence-corrected chi connectivity index (χ1v) is 9.61. The molecular weight excluding hydrogens is 389 g/mol. The van der Waals surface area contributed by atoms with Crippen molar-refractivity contribution in [3.05, 3.63) is 59.7 Å². The molecule has 1 amide bonds. The number of likely N-dealkylation sites (tertiary alicyclic amines) is 1. The second-order valence-corrected chi connectivity index (χ2v) is 7.20. The number of halogens is 1. The Kier molecular flexibility index (Phi) is 5.39. The molecule has 0 bridgehead atoms. The van der Waals surface area contributed by atoms with E-state index in [1.165, 1.54) is 12.1 Å². The number of methoxy groups -OCH3 is 2. The number of benzene rings is 2. The lowest BCUT2D eigenvalue weighted by atomic mass is 10.1. The Balaban J connectivity index is 1.52. The molecule has 1 aliphatic rings. The number of rotatable bonds is 6. The van der Waals surface area contributed by atoms with Gasteiger partial charge in [0.2, 0.25) is 5.91 Å². The minimum Gasteiger partial charge on any atom is -0.493 e. The van der Waals surface area contributed by atoms with Crippen molar-refractivity contribution in [3.63, 3.8) is 0 Å². The molecule has 156 valence electrons. The molecule has 8 heteroatoms. The zero-order valence-corrected chi connectivity index (χ0v) is 17.0. The lowest BCUT2D eigenvalue weighted by molar-refractivity contribution is -0.129. The quantitative estimate of drug-likeness (QED) is 0.611. The lowest BCUT2D eigenvalue weighted by Gasteiger charge is -2.25. The van der Waals surface area contributed by atoms with E-state index >= 15 is 0 Å². The Morgan fingerprint density at radius 3 is 2.57 bits per heavy atom. The van der Waals surface area contributed by atoms with Crippen LogP contribution in [0.5, 0.6) is 11.5 Å². The highest BCUT2D eigenvalue weighted by Gasteiger charge is 2.36. The van der Waals surface area contributed by atoms with Gasteiger partial charge in [0.15, 0.2) is 17.3 Å². The van der Waals surface area contributed by atoms with Crippen molar-refractivity contribution >= 4 is 5.91 Å². The van der Waals surface area contributed by atoms with Crippen molar-refractivity contribution in [2.45, 2.75) is 25.3 Å². The Labute approximate surface area is 173 Å². The van der Waals surface area contributed by atoms with Gasteiger partial charge in [0.05, 0.1) is 20.3 Å². The fourth-order valence-corrected chi connectivity index (χ4v) is 3.69. The van der Waals surface area contributed by atoms with Gasteiger partial charge >= 0.3 is 0 Å². The normalized spacial score (nSPS) is 17.3. The number of aromatic nitrogens is 2. The van der Waals surface area contributed by atoms with E-state index in [1.807, 2.05) is 6.92 Å². The second-order valence-electron chi connectivity index (χ2n) is 7.20. The summed E-state index contributed by atoms with van der Waals surface area (Å²) in [6.45, 7) is 2.40. The van der Waals surface area contributed by atoms with Crippen LogP contribution in [-0.2, 0) is 4.79 Å². The van der Waals surface area contributed by atoms with Crippen LogP contribution in [0.4, 0.5) is 4.39 Å². The van der Waals surface area contributed by atoms with Gasteiger partial charge in [-0.05, 0) is 42.8 Å². The van der Waals surface area contributed by atoms with Crippen molar-refractivity contribution in [2.24, 2.45) is 0 Å². The maximum absolute atomic E-state index is 13.2. The highest BCUT2D eigenvalue weighted by atomic mass is 19.1. The molecule has 2 aromatic carbocycles. The third kappa shape index (κ3) is 3.72. The van der Waals surface area contributed by atoms with Crippen LogP contribution < -0.4 is 9.47 Å². The van der Waals surface area contributed by atoms with Crippen LogP contribution in [0.3, 0.4) is 0 Å². The van der Waals surface area contributed by atoms with Crippen LogP contribution in [0.1, 0.15) is 36.7 Å². The van der Waals surface area contributed by atoms with E-state index in [2.05, 4.69) is 10.1 Å². The molecule has 1 saturated heterocycles. The number of carbonyl (C=O) groups is 1. The summed E-state index contributed by atoms with van der Waals surface area (Å²) < 4.78 is 29.2. The standard InChI is InChI=1S/C22H22FN3O4/c1-13(14-4-7-17(23)8-5-14)26-12-16(11-20(26)27)21-24-22(30-25-21)15-6-9-18(28-2)19(10-15)29-3/h4-10,13,16H,11-12H2,1-3H3. The Morgan fingerprint density at radius 2 is 1.87 bits per heavy atom. The minimum atomic E-state index is -0.300. The van der Waals surface area contributed by atoms with Gasteiger partial charge < -0.3 is 18.9 Å². The van der Waals surface area contributed by atoms with Crippen LogP contribution in [-0.4, -0.2) is 41.7 Å². The molecule has 1 fully saturated rings. The largest absolute Gasteiger partial charge is 0.493 e. The number of carbonyl (C=O) groups excluding carboxylic acids is 1. The summed E-state index contributed by atoms with van der Waals surface area (Å²) in [5.41, 5.74) is 1.58. The summed E-state index contributed by atoms with van der Waals surface area (Å²) >= 11 is 0. The Morgan fingerprint density at radius 1 is 1.13 bits per heavy atom. The van der Waals surface area contributed by atoms with Crippen LogP contribution in [0.15, 0.2) is 47.0 Å². The molecule has 2 unspecified atom stereocenters. The van der Waals surface area contributed by atoms with E-state index < -0.39 is 0 Å². The van der Waals surface area contributed by atoms with Gasteiger partial charge in [-0.2, -0.15) is 4.98 Å². The maximum Gasteiger partial charge on any atom is 0.258 e. The molecule has 0 N–H and O–H groups in total. The topological polar surface area (TPSA) is 77.7 Å². The zero-order chi connectivity index (χ0) is 21.3. The molecule has 3 aromatic rings. The average molecular weight is 411 g/mol. The van der Waals surface area contributed by atoms with E-state index in [1.54, 1.807) is 49.5 Å². The summed E-state index contributed by atoms with van der Waals surface area (Å²) in [6, 6.07) is 11.4. The van der Waals surface area contributed by atoms with E-state index in [0.717, 1.165) is 5.56 Å². The van der Waals surface area contributed by atoms with Crippen molar-refractivity contribution < 1.29 is 23.2 Å². The summed E-state index contributed by atoms with van der Waals surface area (Å²) in [7, 11) is 3.13. The first-order valence-electron chi connectivity index (χ1n) is 9.61. The molecule has 1 aliphatic heterocycles. The van der Waals surface area contributed by atoms with E-state index in [-0.39, 0.29) is 23.7 Å². The van der Waals surface area contributed by atoms with E-state index in [0.29, 0.717) is 41.7 Å². The fraction of sp³-hybridized carbons (Fsp3) is 0.318. The molecule has 1 aromatic heterocycles. The molecule has 7 nitrogen and oxygen atoms in total. The summed E-state index contributed by atoms with van der Waals surface area (Å²) in [6.07, 6.45) is 0.302. The molecule has 0 aliphatic carbocycles. The monoisotopic (exact) mass is 411 g/mol.